The van der Waals surface area contributed by atoms with E-state index in [-0.39, 0.29) is 11.7 Å². The zero-order valence-corrected chi connectivity index (χ0v) is 14.5. The highest BCUT2D eigenvalue weighted by molar-refractivity contribution is 6.36. The molecule has 1 fully saturated rings. The first-order valence-electron chi connectivity index (χ1n) is 7.94. The van der Waals surface area contributed by atoms with Crippen molar-refractivity contribution in [2.75, 3.05) is 7.11 Å². The number of rotatable bonds is 3. The number of pyridine rings is 1. The average Bonchev–Trinajstić information content (AvgIpc) is 3.39. The Bertz CT molecular complexity index is 994. The Kier molecular flexibility index (Phi) is 3.72. The number of halogens is 2. The van der Waals surface area contributed by atoms with Crippen LogP contribution in [0.3, 0.4) is 0 Å². The van der Waals surface area contributed by atoms with Gasteiger partial charge in [0.15, 0.2) is 5.65 Å². The van der Waals surface area contributed by atoms with Crippen molar-refractivity contribution in [1.29, 1.82) is 0 Å². The molecule has 4 rings (SSSR count). The maximum Gasteiger partial charge on any atom is 0.340 e. The Hall–Kier alpha value is -2.47. The highest BCUT2D eigenvalue weighted by atomic mass is 35.5. The van der Waals surface area contributed by atoms with Gasteiger partial charge in [0.25, 0.3) is 0 Å². The molecule has 0 saturated heterocycles. The number of aryl methyl sites for hydroxylation is 1. The first-order chi connectivity index (χ1) is 12.0. The van der Waals surface area contributed by atoms with E-state index < -0.39 is 5.97 Å². The molecule has 0 N–H and O–H groups in total. The summed E-state index contributed by atoms with van der Waals surface area (Å²) in [5, 5.41) is 5.39. The predicted molar refractivity (Wildman–Crippen MR) is 91.9 cm³/mol. The molecule has 25 heavy (non-hydrogen) atoms. The summed E-state index contributed by atoms with van der Waals surface area (Å²) in [6.45, 7) is 1.78. The Balaban J connectivity index is 2.05. The molecule has 2 aromatic heterocycles. The monoisotopic (exact) mass is 359 g/mol. The van der Waals surface area contributed by atoms with Crippen molar-refractivity contribution in [2.45, 2.75) is 25.7 Å². The van der Waals surface area contributed by atoms with Crippen molar-refractivity contribution in [2.24, 2.45) is 0 Å². The van der Waals surface area contributed by atoms with E-state index in [0.717, 1.165) is 12.8 Å². The molecule has 0 unspecified atom stereocenters. The van der Waals surface area contributed by atoms with Crippen LogP contribution in [0.1, 0.15) is 40.5 Å². The van der Waals surface area contributed by atoms with Gasteiger partial charge in [-0.3, -0.25) is 0 Å². The third-order valence-corrected chi connectivity index (χ3v) is 4.76. The van der Waals surface area contributed by atoms with Crippen LogP contribution in [0, 0.1) is 12.7 Å². The lowest BCUT2D eigenvalue weighted by atomic mass is 10.1. The first-order valence-corrected chi connectivity index (χ1v) is 8.32. The minimum absolute atomic E-state index is 0.247. The molecule has 7 heteroatoms. The van der Waals surface area contributed by atoms with Crippen LogP contribution in [0.4, 0.5) is 4.39 Å². The number of fused-ring (bicyclic) bond motifs is 1. The molecule has 0 bridgehead atoms. The molecule has 1 aromatic carbocycles. The molecule has 5 nitrogen and oxygen atoms in total. The predicted octanol–water partition coefficient (Wildman–Crippen LogP) is 4.19. The second-order valence-corrected chi connectivity index (χ2v) is 6.50. The minimum atomic E-state index is -0.513. The van der Waals surface area contributed by atoms with Gasteiger partial charge in [-0.2, -0.15) is 5.10 Å². The number of aromatic nitrogens is 3. The fraction of sp³-hybridized carbons (Fsp3) is 0.278. The van der Waals surface area contributed by atoms with Gasteiger partial charge < -0.3 is 4.74 Å². The largest absolute Gasteiger partial charge is 0.465 e. The van der Waals surface area contributed by atoms with E-state index in [1.807, 2.05) is 0 Å². The number of esters is 1. The number of nitrogens with zero attached hydrogens (tertiary/aromatic N) is 3. The Morgan fingerprint density at radius 1 is 1.32 bits per heavy atom. The van der Waals surface area contributed by atoms with Crippen molar-refractivity contribution in [1.82, 2.24) is 14.8 Å². The van der Waals surface area contributed by atoms with Crippen LogP contribution in [0.2, 0.25) is 5.02 Å². The minimum Gasteiger partial charge on any atom is -0.465 e. The summed E-state index contributed by atoms with van der Waals surface area (Å²) >= 11 is 6.49. The third-order valence-electron chi connectivity index (χ3n) is 4.38. The van der Waals surface area contributed by atoms with Crippen molar-refractivity contribution in [3.05, 3.63) is 52.1 Å². The summed E-state index contributed by atoms with van der Waals surface area (Å²) in [6, 6.07) is 5.95. The fourth-order valence-corrected chi connectivity index (χ4v) is 3.36. The van der Waals surface area contributed by atoms with Crippen LogP contribution >= 0.6 is 11.6 Å². The zero-order chi connectivity index (χ0) is 17.7. The second-order valence-electron chi connectivity index (χ2n) is 6.12. The maximum absolute atomic E-state index is 13.2. The molecule has 128 valence electrons. The molecule has 2 heterocycles. The second kappa shape index (κ2) is 5.81. The van der Waals surface area contributed by atoms with E-state index in [9.17, 15) is 9.18 Å². The summed E-state index contributed by atoms with van der Waals surface area (Å²) in [5.74, 6) is -0.597. The van der Waals surface area contributed by atoms with Gasteiger partial charge in [-0.05, 0) is 44.0 Å². The quantitative estimate of drug-likeness (QED) is 0.658. The summed E-state index contributed by atoms with van der Waals surface area (Å²) in [5.41, 5.74) is 2.78. The lowest BCUT2D eigenvalue weighted by molar-refractivity contribution is 0.0603. The van der Waals surface area contributed by atoms with E-state index in [0.29, 0.717) is 38.7 Å². The van der Waals surface area contributed by atoms with Gasteiger partial charge in [0, 0.05) is 5.92 Å². The van der Waals surface area contributed by atoms with Gasteiger partial charge in [-0.15, -0.1) is 0 Å². The molecular weight excluding hydrogens is 345 g/mol. The van der Waals surface area contributed by atoms with Crippen LogP contribution < -0.4 is 0 Å². The lowest BCUT2D eigenvalue weighted by Gasteiger charge is -2.10. The van der Waals surface area contributed by atoms with Crippen molar-refractivity contribution in [3.8, 4) is 5.69 Å². The SMILES string of the molecule is COC(=O)c1c(Cl)c(C2CC2)nc2c1c(C)nn2-c1ccc(F)cc1. The smallest absolute Gasteiger partial charge is 0.340 e. The number of hydrogen-bond donors (Lipinski definition) is 0. The maximum atomic E-state index is 13.2. The number of ether oxygens (including phenoxy) is 1. The van der Waals surface area contributed by atoms with E-state index in [1.54, 1.807) is 23.7 Å². The number of carbonyl (C=O) groups is 1. The van der Waals surface area contributed by atoms with Crippen LogP contribution in [0.5, 0.6) is 0 Å². The van der Waals surface area contributed by atoms with Crippen molar-refractivity contribution >= 4 is 28.6 Å². The Labute approximate surface area is 148 Å². The number of hydrogen-bond acceptors (Lipinski definition) is 4. The molecule has 3 aromatic rings. The zero-order valence-electron chi connectivity index (χ0n) is 13.7. The normalized spacial score (nSPS) is 14.1. The Morgan fingerprint density at radius 3 is 2.60 bits per heavy atom. The summed E-state index contributed by atoms with van der Waals surface area (Å²) in [4.78, 5) is 17.1. The van der Waals surface area contributed by atoms with E-state index in [1.165, 1.54) is 19.2 Å². The highest BCUT2D eigenvalue weighted by Crippen LogP contribution is 2.45. The van der Waals surface area contributed by atoms with Crippen LogP contribution in [-0.4, -0.2) is 27.8 Å². The molecule has 0 atom stereocenters. The summed E-state index contributed by atoms with van der Waals surface area (Å²) in [6.07, 6.45) is 1.98. The molecule has 1 aliphatic carbocycles. The lowest BCUT2D eigenvalue weighted by Crippen LogP contribution is -2.07. The van der Waals surface area contributed by atoms with Crippen molar-refractivity contribution in [3.63, 3.8) is 0 Å². The number of methoxy groups -OCH3 is 1. The third kappa shape index (κ3) is 2.57. The highest BCUT2D eigenvalue weighted by Gasteiger charge is 2.33. The average molecular weight is 360 g/mol. The summed E-state index contributed by atoms with van der Waals surface area (Å²) in [7, 11) is 1.32. The van der Waals surface area contributed by atoms with Gasteiger partial charge >= 0.3 is 5.97 Å². The van der Waals surface area contributed by atoms with E-state index in [4.69, 9.17) is 21.3 Å². The van der Waals surface area contributed by atoms with Gasteiger partial charge in [0.05, 0.1) is 40.2 Å². The van der Waals surface area contributed by atoms with Crippen LogP contribution in [0.25, 0.3) is 16.7 Å². The van der Waals surface area contributed by atoms with Gasteiger partial charge in [0.2, 0.25) is 0 Å². The van der Waals surface area contributed by atoms with Crippen LogP contribution in [-0.2, 0) is 4.74 Å². The number of carbonyl (C=O) groups excluding carboxylic acids is 1. The van der Waals surface area contributed by atoms with E-state index >= 15 is 0 Å². The topological polar surface area (TPSA) is 57.0 Å². The van der Waals surface area contributed by atoms with Gasteiger partial charge in [-0.1, -0.05) is 11.6 Å². The molecule has 1 saturated carbocycles. The van der Waals surface area contributed by atoms with Gasteiger partial charge in [-0.25, -0.2) is 18.9 Å². The Morgan fingerprint density at radius 2 is 2.00 bits per heavy atom. The molecule has 0 amide bonds. The molecule has 0 spiro atoms. The number of benzene rings is 1. The molecule has 0 radical (unpaired) electrons. The molecule has 1 aliphatic rings. The van der Waals surface area contributed by atoms with E-state index in [2.05, 4.69) is 5.10 Å². The van der Waals surface area contributed by atoms with Gasteiger partial charge in [0.1, 0.15) is 5.82 Å². The fourth-order valence-electron chi connectivity index (χ4n) is 3.00. The molecule has 0 aliphatic heterocycles. The standard InChI is InChI=1S/C18H15ClFN3O2/c1-9-13-14(18(24)25-2)15(19)16(10-3-4-10)21-17(13)23(22-9)12-7-5-11(20)6-8-12/h5-8,10H,3-4H2,1-2H3. The first kappa shape index (κ1) is 16.0. The summed E-state index contributed by atoms with van der Waals surface area (Å²) < 4.78 is 19.8. The molecular formula is C18H15ClFN3O2. The van der Waals surface area contributed by atoms with Crippen LogP contribution in [0.15, 0.2) is 24.3 Å². The van der Waals surface area contributed by atoms with Crippen molar-refractivity contribution < 1.29 is 13.9 Å².